The van der Waals surface area contributed by atoms with Gasteiger partial charge in [-0.15, -0.1) is 11.8 Å². The molecule has 30 aliphatic rings. The van der Waals surface area contributed by atoms with E-state index in [0.29, 0.717) is 29.4 Å². The van der Waals surface area contributed by atoms with E-state index < -0.39 is 282 Å². The first-order chi connectivity index (χ1) is 55.3. The Morgan fingerprint density at radius 3 is 0.698 bits per heavy atom. The van der Waals surface area contributed by atoms with Crippen LogP contribution in [-0.4, -0.2) is 446 Å². The molecule has 30 heterocycles. The third-order valence-electron chi connectivity index (χ3n) is 20.6. The molecule has 116 heavy (non-hydrogen) atoms. The van der Waals surface area contributed by atoms with E-state index in [1.165, 1.54) is 35.3 Å². The largest absolute Gasteiger partial charge is 0.481 e. The normalized spacial score (nSPS) is 44.7. The number of carbonyl (C=O) groups is 4. The highest BCUT2D eigenvalue weighted by atomic mass is 32.2. The molecule has 0 spiro atoms. The Kier molecular flexibility index (Phi) is 40.5. The molecule has 47 heteroatoms. The first-order valence-corrected chi connectivity index (χ1v) is 46.6. The molecule has 20 N–H and O–H groups in total. The lowest BCUT2D eigenvalue weighted by atomic mass is 9.93. The molecule has 16 bridgehead atoms. The lowest BCUT2D eigenvalue weighted by Crippen LogP contribution is -2.68. The Labute approximate surface area is 698 Å². The number of carboxylic acids is 4. The topological polar surface area (TPSA) is 621 Å². The van der Waals surface area contributed by atoms with Gasteiger partial charge in [0, 0.05) is 58.2 Å². The summed E-state index contributed by atoms with van der Waals surface area (Å²) in [6.45, 7) is 7.25. The molecule has 30 rings (SSSR count). The lowest BCUT2D eigenvalue weighted by Gasteiger charge is -2.51. The van der Waals surface area contributed by atoms with E-state index in [1.807, 2.05) is 20.8 Å². The standard InChI is InChI=1S/C69H114O40S7/c1-5-16-116-69-60-44(85)52(93)68(109-69)101-53-26(11-9-10-12-33(70)71)94-61(45(86)37(53)78)102-57-30(23-113-17-13-34(72)73)98-65(48(89)40(57)81)106-59-32(25-115-19-15-36(76)77)100-66(50(91)42(59)83)107-58-31(24-114-18-14-35(74)75)99-64(49(90)41(58)82)105-55-28(21-111-7-3)96-62(47(88)39(55)80)103-54-27(20-110-6-2)95-63(46(87)38(54)79)104-56-29(22-112-8-4)97-67(108-60)51(92)43(56)84/h26-32,37-69,78-93H,5-25H2,1-4H3,(H,70,71)(H,72,73)(H,74,75)(H,76,77)/t26?,27?,28?,29?,30?,31?,32?,37-,38-,39-,40-,41-,42-,43-,44-,45?,46?,47?,48?,49?,50?,51?,52?,53-,54+,55-,56+,57-,58-,59-,60+,61+,62+,63-,64+,65-,66+,67-,68+,69?/m1/s1. The summed E-state index contributed by atoms with van der Waals surface area (Å²) in [7, 11) is 0. The second-order valence-electron chi connectivity index (χ2n) is 29.0. The number of hydrogen-bond acceptors (Lipinski definition) is 43. The Bertz CT molecular complexity index is 2910. The van der Waals surface area contributed by atoms with E-state index in [2.05, 4.69) is 0 Å². The number of thioether (sulfide) groups is 7. The summed E-state index contributed by atoms with van der Waals surface area (Å²) in [4.78, 5) is 47.0. The van der Waals surface area contributed by atoms with Crippen molar-refractivity contribution in [3.8, 4) is 0 Å². The van der Waals surface area contributed by atoms with Gasteiger partial charge in [-0.25, -0.2) is 0 Å². The number of aliphatic carboxylic acids is 4. The van der Waals surface area contributed by atoms with Gasteiger partial charge >= 0.3 is 23.9 Å². The summed E-state index contributed by atoms with van der Waals surface area (Å²) < 4.78 is 101. The molecule has 30 fully saturated rings. The van der Waals surface area contributed by atoms with Gasteiger partial charge in [0.25, 0.3) is 0 Å². The van der Waals surface area contributed by atoms with Gasteiger partial charge in [-0.3, -0.25) is 19.2 Å². The fourth-order valence-electron chi connectivity index (χ4n) is 14.4. The van der Waals surface area contributed by atoms with Crippen LogP contribution in [0.5, 0.6) is 0 Å². The van der Waals surface area contributed by atoms with Crippen LogP contribution in [0.3, 0.4) is 0 Å². The maximum Gasteiger partial charge on any atom is 0.304 e. The Hall–Kier alpha value is -0.950. The van der Waals surface area contributed by atoms with Gasteiger partial charge in [-0.1, -0.05) is 34.1 Å². The van der Waals surface area contributed by atoms with E-state index in [1.54, 1.807) is 6.92 Å². The minimum atomic E-state index is -2.23. The number of aliphatic hydroxyl groups excluding tert-OH is 16. The van der Waals surface area contributed by atoms with Crippen molar-refractivity contribution in [1.82, 2.24) is 0 Å². The Balaban J connectivity index is 1.08. The molecular weight excluding hydrogens is 1690 g/mol. The molecule has 0 aliphatic carbocycles. The van der Waals surface area contributed by atoms with Gasteiger partial charge in [0.05, 0.1) is 62.0 Å². The molecule has 0 amide bonds. The van der Waals surface area contributed by atoms with Crippen molar-refractivity contribution in [2.75, 3.05) is 74.8 Å². The van der Waals surface area contributed by atoms with Crippen LogP contribution in [0, 0.1) is 0 Å². The first-order valence-electron chi connectivity index (χ1n) is 38.6. The summed E-state index contributed by atoms with van der Waals surface area (Å²) in [5.74, 6) is -4.20. The van der Waals surface area contributed by atoms with Crippen molar-refractivity contribution in [3.05, 3.63) is 0 Å². The zero-order valence-electron chi connectivity index (χ0n) is 63.9. The lowest BCUT2D eigenvalue weighted by molar-refractivity contribution is -0.395. The van der Waals surface area contributed by atoms with E-state index in [9.17, 15) is 121 Å². The average molecular weight is 1810 g/mol. The van der Waals surface area contributed by atoms with Gasteiger partial charge in [-0.05, 0) is 42.3 Å². The van der Waals surface area contributed by atoms with Crippen molar-refractivity contribution in [1.29, 1.82) is 0 Å². The third kappa shape index (κ3) is 25.7. The number of hydrogen-bond donors (Lipinski definition) is 20. The highest BCUT2D eigenvalue weighted by Crippen LogP contribution is 2.43. The molecule has 16 unspecified atom stereocenters. The average Bonchev–Trinajstić information content (AvgIpc) is 0.772. The SMILES string of the molecule is CCCSC1O[C@@H]2O[C@@H]3C(CCCCC(=O)O)O[C@@H](O[C@@H]4C(CSCCC(=O)O)O[C@H](O[C@@H]5C(CSCCC(=O)O)O[C@@H](O[C@@H]6C(CSCCC(=O)O)O[C@@H](O[C@@H]7C(CSCC)O[C@@H](O[C@H]8C(CSCC)O[C@H](O[C@H]9C(CSCC)O[C@H](O[C@H]1[C@H](O)C2O)C(O)[C@H]9O)C(O)[C@H]8O)C(O)[C@H]7O)C(O)[C@H]6O)C(O)[C@H]5O)C(O)[C@H]4O)C(O)[C@H]3O. The molecule has 0 saturated carbocycles. The van der Waals surface area contributed by atoms with Crippen molar-refractivity contribution >= 4 is 106 Å². The number of carboxylic acid groups (broad SMARTS) is 4. The molecule has 0 aromatic rings. The molecule has 30 aliphatic heterocycles. The number of aliphatic hydroxyl groups is 16. The van der Waals surface area contributed by atoms with E-state index in [4.69, 9.17) is 75.8 Å². The summed E-state index contributed by atoms with van der Waals surface area (Å²) in [5.41, 5.74) is -1.34. The predicted octanol–water partition coefficient (Wildman–Crippen LogP) is -4.72. The maximum absolute atomic E-state index is 12.2. The van der Waals surface area contributed by atoms with Gasteiger partial charge in [0.1, 0.15) is 152 Å². The van der Waals surface area contributed by atoms with Crippen LogP contribution in [-0.2, 0) is 95.0 Å². The van der Waals surface area contributed by atoms with Crippen LogP contribution in [0.25, 0.3) is 0 Å². The van der Waals surface area contributed by atoms with Gasteiger partial charge < -0.3 is 178 Å². The van der Waals surface area contributed by atoms with Crippen LogP contribution < -0.4 is 0 Å². The third-order valence-corrected chi connectivity index (χ3v) is 28.1. The molecule has 40 nitrogen and oxygen atoms in total. The van der Waals surface area contributed by atoms with Crippen LogP contribution in [0.15, 0.2) is 0 Å². The Morgan fingerprint density at radius 2 is 0.457 bits per heavy atom. The van der Waals surface area contributed by atoms with Crippen LogP contribution >= 0.6 is 82.3 Å². The van der Waals surface area contributed by atoms with Crippen molar-refractivity contribution in [2.24, 2.45) is 0 Å². The smallest absolute Gasteiger partial charge is 0.304 e. The zero-order valence-corrected chi connectivity index (χ0v) is 69.6. The van der Waals surface area contributed by atoms with Gasteiger partial charge in [0.15, 0.2) is 50.3 Å². The van der Waals surface area contributed by atoms with Crippen molar-refractivity contribution in [2.45, 2.75) is 324 Å². The van der Waals surface area contributed by atoms with E-state index >= 15 is 0 Å². The molecule has 0 aromatic carbocycles. The summed E-state index contributed by atoms with van der Waals surface area (Å²) >= 11 is 7.78. The molecular formula is C69H114O40S7. The minimum absolute atomic E-state index is 0.0136. The highest BCUT2D eigenvalue weighted by molar-refractivity contribution is 8.00. The molecule has 40 atom stereocenters. The molecule has 30 saturated heterocycles. The Morgan fingerprint density at radius 1 is 0.241 bits per heavy atom. The second-order valence-corrected chi connectivity index (χ2v) is 37.6. The number of unbranched alkanes of at least 4 members (excludes halogenated alkanes) is 1. The summed E-state index contributed by atoms with van der Waals surface area (Å²) in [5, 5.41) is 232. The van der Waals surface area contributed by atoms with Gasteiger partial charge in [0.2, 0.25) is 0 Å². The zero-order chi connectivity index (χ0) is 84.5. The molecule has 0 aromatic heterocycles. The predicted molar refractivity (Wildman–Crippen MR) is 411 cm³/mol. The number of rotatable bonds is 32. The molecule has 0 radical (unpaired) electrons. The minimum Gasteiger partial charge on any atom is -0.481 e. The quantitative estimate of drug-likeness (QED) is 0.0281. The summed E-state index contributed by atoms with van der Waals surface area (Å²) in [6.07, 6.45) is -73.8. The molecule has 672 valence electrons. The van der Waals surface area contributed by atoms with E-state index in [-0.39, 0.29) is 83.9 Å². The van der Waals surface area contributed by atoms with Gasteiger partial charge in [-0.2, -0.15) is 70.6 Å². The maximum atomic E-state index is 12.2. The van der Waals surface area contributed by atoms with Crippen LogP contribution in [0.2, 0.25) is 0 Å². The van der Waals surface area contributed by atoms with E-state index in [0.717, 1.165) is 47.0 Å². The number of ether oxygens (including phenoxy) is 16. The van der Waals surface area contributed by atoms with Crippen molar-refractivity contribution in [3.63, 3.8) is 0 Å². The highest BCUT2D eigenvalue weighted by Gasteiger charge is 2.61. The summed E-state index contributed by atoms with van der Waals surface area (Å²) in [6, 6.07) is 0. The fourth-order valence-corrected chi connectivity index (χ4v) is 20.6. The first kappa shape index (κ1) is 98.8. The van der Waals surface area contributed by atoms with Crippen LogP contribution in [0.4, 0.5) is 0 Å². The van der Waals surface area contributed by atoms with Crippen molar-refractivity contribution < 1.29 is 197 Å². The second kappa shape index (κ2) is 47.6. The monoisotopic (exact) mass is 1810 g/mol. The fraction of sp³-hybridized carbons (Fsp3) is 0.942. The van der Waals surface area contributed by atoms with Crippen LogP contribution in [0.1, 0.15) is 79.1 Å².